The first kappa shape index (κ1) is 9.64. The van der Waals surface area contributed by atoms with Crippen LogP contribution in [0.25, 0.3) is 0 Å². The van der Waals surface area contributed by atoms with Crippen molar-refractivity contribution in [3.63, 3.8) is 0 Å². The molecule has 1 aromatic rings. The van der Waals surface area contributed by atoms with Crippen molar-refractivity contribution in [1.29, 1.82) is 0 Å². The number of halogens is 1. The van der Waals surface area contributed by atoms with Crippen molar-refractivity contribution in [3.05, 3.63) is 21.8 Å². The molecule has 0 bridgehead atoms. The van der Waals surface area contributed by atoms with Crippen LogP contribution in [0.2, 0.25) is 0 Å². The van der Waals surface area contributed by atoms with Crippen LogP contribution in [0.4, 0.5) is 0 Å². The molecule has 0 heterocycles. The summed E-state index contributed by atoms with van der Waals surface area (Å²) >= 11 is 2.22. The van der Waals surface area contributed by atoms with Crippen LogP contribution in [0.3, 0.4) is 0 Å². The number of hydrogen-bond donors (Lipinski definition) is 0. The Morgan fingerprint density at radius 1 is 1.42 bits per heavy atom. The Bertz CT molecular complexity index is 261. The smallest absolute Gasteiger partial charge is 0.132 e. The molecule has 0 radical (unpaired) electrons. The first-order valence-corrected chi connectivity index (χ1v) is 4.82. The Kier molecular flexibility index (Phi) is 3.65. The second kappa shape index (κ2) is 4.54. The van der Waals surface area contributed by atoms with Gasteiger partial charge in [0.1, 0.15) is 11.5 Å². The minimum Gasteiger partial charge on any atom is -0.496 e. The summed E-state index contributed by atoms with van der Waals surface area (Å²) in [6.45, 7) is 2.67. The molecule has 0 saturated heterocycles. The van der Waals surface area contributed by atoms with Gasteiger partial charge in [0.05, 0.1) is 17.3 Å². The van der Waals surface area contributed by atoms with E-state index in [9.17, 15) is 0 Å². The third-order valence-electron chi connectivity index (χ3n) is 1.43. The van der Waals surface area contributed by atoms with Crippen LogP contribution in [0.15, 0.2) is 18.2 Å². The van der Waals surface area contributed by atoms with Crippen LogP contribution in [0.5, 0.6) is 11.5 Å². The van der Waals surface area contributed by atoms with Crippen molar-refractivity contribution in [3.8, 4) is 11.5 Å². The van der Waals surface area contributed by atoms with E-state index in [1.165, 1.54) is 0 Å². The molecular weight excluding hydrogens is 267 g/mol. The molecule has 0 spiro atoms. The normalized spacial score (nSPS) is 9.58. The molecule has 1 rings (SSSR count). The Labute approximate surface area is 86.0 Å². The second-order valence-corrected chi connectivity index (χ2v) is 3.39. The van der Waals surface area contributed by atoms with Gasteiger partial charge in [-0.1, -0.05) is 0 Å². The molecule has 0 fully saturated rings. The number of hydrogen-bond acceptors (Lipinski definition) is 2. The van der Waals surface area contributed by atoms with Gasteiger partial charge in [-0.15, -0.1) is 0 Å². The highest BCUT2D eigenvalue weighted by molar-refractivity contribution is 14.1. The van der Waals surface area contributed by atoms with Crippen LogP contribution in [0.1, 0.15) is 6.92 Å². The molecule has 1 aromatic carbocycles. The van der Waals surface area contributed by atoms with Crippen LogP contribution >= 0.6 is 22.6 Å². The van der Waals surface area contributed by atoms with Crippen LogP contribution in [0, 0.1) is 3.57 Å². The summed E-state index contributed by atoms with van der Waals surface area (Å²) in [4.78, 5) is 0. The fourth-order valence-electron chi connectivity index (χ4n) is 0.904. The summed E-state index contributed by atoms with van der Waals surface area (Å²) in [5.41, 5.74) is 0. The summed E-state index contributed by atoms with van der Waals surface area (Å²) in [6.07, 6.45) is 0. The Morgan fingerprint density at radius 2 is 2.17 bits per heavy atom. The van der Waals surface area contributed by atoms with Crippen LogP contribution in [-0.4, -0.2) is 13.7 Å². The van der Waals surface area contributed by atoms with Gasteiger partial charge in [-0.2, -0.15) is 0 Å². The van der Waals surface area contributed by atoms with Crippen molar-refractivity contribution in [2.75, 3.05) is 13.7 Å². The highest BCUT2D eigenvalue weighted by Gasteiger charge is 2.00. The largest absolute Gasteiger partial charge is 0.496 e. The average Bonchev–Trinajstić information content (AvgIpc) is 2.05. The molecule has 0 aromatic heterocycles. The monoisotopic (exact) mass is 278 g/mol. The van der Waals surface area contributed by atoms with E-state index in [0.29, 0.717) is 6.61 Å². The lowest BCUT2D eigenvalue weighted by molar-refractivity contribution is 0.338. The molecule has 66 valence electrons. The van der Waals surface area contributed by atoms with Gasteiger partial charge in [-0.25, -0.2) is 0 Å². The minimum atomic E-state index is 0.697. The number of methoxy groups -OCH3 is 1. The van der Waals surface area contributed by atoms with Crippen LogP contribution < -0.4 is 9.47 Å². The molecule has 0 saturated carbocycles. The Morgan fingerprint density at radius 3 is 2.67 bits per heavy atom. The fourth-order valence-corrected chi connectivity index (χ4v) is 1.61. The van der Waals surface area contributed by atoms with E-state index in [0.717, 1.165) is 15.1 Å². The molecular formula is C9H11IO2. The summed E-state index contributed by atoms with van der Waals surface area (Å²) < 4.78 is 11.5. The van der Waals surface area contributed by atoms with Gasteiger partial charge in [0.25, 0.3) is 0 Å². The summed E-state index contributed by atoms with van der Waals surface area (Å²) in [5, 5.41) is 0. The quantitative estimate of drug-likeness (QED) is 0.791. The van der Waals surface area contributed by atoms with Crippen molar-refractivity contribution < 1.29 is 9.47 Å². The van der Waals surface area contributed by atoms with Gasteiger partial charge in [0, 0.05) is 0 Å². The lowest BCUT2D eigenvalue weighted by Gasteiger charge is -2.06. The number of ether oxygens (including phenoxy) is 2. The second-order valence-electron chi connectivity index (χ2n) is 2.23. The molecule has 0 aliphatic heterocycles. The van der Waals surface area contributed by atoms with Gasteiger partial charge in [0.2, 0.25) is 0 Å². The lowest BCUT2D eigenvalue weighted by Crippen LogP contribution is -1.93. The van der Waals surface area contributed by atoms with Crippen molar-refractivity contribution in [2.45, 2.75) is 6.92 Å². The van der Waals surface area contributed by atoms with E-state index in [4.69, 9.17) is 9.47 Å². The number of benzene rings is 1. The molecule has 2 nitrogen and oxygen atoms in total. The highest BCUT2D eigenvalue weighted by Crippen LogP contribution is 2.25. The molecule has 0 N–H and O–H groups in total. The standard InChI is InChI=1S/C9H11IO2/c1-3-12-7-4-5-9(11-2)8(10)6-7/h4-6H,3H2,1-2H3. The van der Waals surface area contributed by atoms with Crippen LogP contribution in [-0.2, 0) is 0 Å². The molecule has 0 amide bonds. The zero-order valence-corrected chi connectivity index (χ0v) is 9.29. The van der Waals surface area contributed by atoms with Crippen molar-refractivity contribution >= 4 is 22.6 Å². The van der Waals surface area contributed by atoms with Gasteiger partial charge in [0.15, 0.2) is 0 Å². The van der Waals surface area contributed by atoms with Gasteiger partial charge in [-0.3, -0.25) is 0 Å². The number of rotatable bonds is 3. The van der Waals surface area contributed by atoms with E-state index in [1.807, 2.05) is 25.1 Å². The molecule has 3 heteroatoms. The zero-order chi connectivity index (χ0) is 8.97. The lowest BCUT2D eigenvalue weighted by atomic mass is 10.3. The maximum atomic E-state index is 5.33. The van der Waals surface area contributed by atoms with Gasteiger partial charge >= 0.3 is 0 Å². The first-order valence-electron chi connectivity index (χ1n) is 3.74. The van der Waals surface area contributed by atoms with Crippen molar-refractivity contribution in [2.24, 2.45) is 0 Å². The predicted molar refractivity (Wildman–Crippen MR) is 56.9 cm³/mol. The first-order chi connectivity index (χ1) is 5.77. The maximum Gasteiger partial charge on any atom is 0.132 e. The highest BCUT2D eigenvalue weighted by atomic mass is 127. The van der Waals surface area contributed by atoms with Crippen molar-refractivity contribution in [1.82, 2.24) is 0 Å². The summed E-state index contributed by atoms with van der Waals surface area (Å²) in [6, 6.07) is 5.78. The molecule has 12 heavy (non-hydrogen) atoms. The fraction of sp³-hybridized carbons (Fsp3) is 0.333. The molecule has 0 aliphatic carbocycles. The Hall–Kier alpha value is -0.450. The predicted octanol–water partition coefficient (Wildman–Crippen LogP) is 2.70. The van der Waals surface area contributed by atoms with E-state index in [1.54, 1.807) is 7.11 Å². The topological polar surface area (TPSA) is 18.5 Å². The van der Waals surface area contributed by atoms with E-state index >= 15 is 0 Å². The SMILES string of the molecule is CCOc1ccc(OC)c(I)c1. The third kappa shape index (κ3) is 2.27. The van der Waals surface area contributed by atoms with Gasteiger partial charge in [-0.05, 0) is 47.7 Å². The summed E-state index contributed by atoms with van der Waals surface area (Å²) in [5.74, 6) is 1.78. The Balaban J connectivity index is 2.86. The van der Waals surface area contributed by atoms with E-state index < -0.39 is 0 Å². The van der Waals surface area contributed by atoms with E-state index in [-0.39, 0.29) is 0 Å². The van der Waals surface area contributed by atoms with Gasteiger partial charge < -0.3 is 9.47 Å². The van der Waals surface area contributed by atoms with E-state index in [2.05, 4.69) is 22.6 Å². The third-order valence-corrected chi connectivity index (χ3v) is 2.28. The molecule has 0 atom stereocenters. The molecule has 0 unspecified atom stereocenters. The molecule has 0 aliphatic rings. The maximum absolute atomic E-state index is 5.33. The zero-order valence-electron chi connectivity index (χ0n) is 7.13. The average molecular weight is 278 g/mol. The summed E-state index contributed by atoms with van der Waals surface area (Å²) in [7, 11) is 1.66. The minimum absolute atomic E-state index is 0.697.